The van der Waals surface area contributed by atoms with E-state index in [0.717, 1.165) is 11.6 Å². The Labute approximate surface area is 93.1 Å². The van der Waals surface area contributed by atoms with Crippen LogP contribution in [0.4, 0.5) is 11.6 Å². The molecule has 2 heterocycles. The molecule has 1 N–H and O–H groups in total. The Bertz CT molecular complexity index is 326. The second kappa shape index (κ2) is 5.37. The molecule has 2 rings (SSSR count). The minimum atomic E-state index is 0. The van der Waals surface area contributed by atoms with Crippen LogP contribution in [-0.2, 0) is 17.1 Å². The molecule has 2 aromatic rings. The molecule has 14 heavy (non-hydrogen) atoms. The Morgan fingerprint density at radius 3 is 1.64 bits per heavy atom. The van der Waals surface area contributed by atoms with E-state index in [9.17, 15) is 0 Å². The van der Waals surface area contributed by atoms with Crippen LogP contribution in [0.25, 0.3) is 0 Å². The second-order valence-electron chi connectivity index (χ2n) is 2.55. The third kappa shape index (κ3) is 2.83. The number of aromatic nitrogens is 2. The fourth-order valence-corrected chi connectivity index (χ4v) is 1.00. The number of hydrogen-bond donors (Lipinski definition) is 1. The number of rotatable bonds is 2. The molecule has 75 valence electrons. The van der Waals surface area contributed by atoms with Crippen LogP contribution in [0.2, 0.25) is 0 Å². The van der Waals surface area contributed by atoms with Gasteiger partial charge < -0.3 is 5.32 Å². The molecule has 1 radical (unpaired) electrons. The Hall–Kier alpha value is -1.38. The molecular formula is C10H9CuN3. The Balaban J connectivity index is 0.000000980. The van der Waals surface area contributed by atoms with Gasteiger partial charge in [0.15, 0.2) is 0 Å². The van der Waals surface area contributed by atoms with Crippen molar-refractivity contribution in [2.45, 2.75) is 0 Å². The molecule has 3 nitrogen and oxygen atoms in total. The van der Waals surface area contributed by atoms with Crippen LogP contribution >= 0.6 is 0 Å². The van der Waals surface area contributed by atoms with Gasteiger partial charge in [-0.3, -0.25) is 0 Å². The first-order chi connectivity index (χ1) is 6.45. The first-order valence-electron chi connectivity index (χ1n) is 4.04. The van der Waals surface area contributed by atoms with Crippen molar-refractivity contribution in [3.05, 3.63) is 48.8 Å². The van der Waals surface area contributed by atoms with Crippen molar-refractivity contribution >= 4 is 11.6 Å². The molecule has 0 aliphatic rings. The van der Waals surface area contributed by atoms with Crippen LogP contribution in [0.1, 0.15) is 0 Å². The zero-order chi connectivity index (χ0) is 8.93. The van der Waals surface area contributed by atoms with Gasteiger partial charge in [-0.25, -0.2) is 9.97 Å². The second-order valence-corrected chi connectivity index (χ2v) is 2.55. The Kier molecular flexibility index (Phi) is 4.10. The largest absolute Gasteiger partial charge is 0.325 e. The summed E-state index contributed by atoms with van der Waals surface area (Å²) in [7, 11) is 0. The maximum atomic E-state index is 4.12. The molecule has 0 amide bonds. The topological polar surface area (TPSA) is 37.8 Å². The summed E-state index contributed by atoms with van der Waals surface area (Å²) in [6.45, 7) is 0. The third-order valence-corrected chi connectivity index (χ3v) is 1.59. The predicted molar refractivity (Wildman–Crippen MR) is 51.8 cm³/mol. The van der Waals surface area contributed by atoms with E-state index in [1.165, 1.54) is 0 Å². The van der Waals surface area contributed by atoms with Gasteiger partial charge in [0.2, 0.25) is 0 Å². The van der Waals surface area contributed by atoms with Crippen LogP contribution in [0.3, 0.4) is 0 Å². The molecule has 0 fully saturated rings. The molecule has 0 unspecified atom stereocenters. The molecule has 0 saturated heterocycles. The summed E-state index contributed by atoms with van der Waals surface area (Å²) in [5.74, 6) is 1.61. The van der Waals surface area contributed by atoms with Crippen molar-refractivity contribution in [2.24, 2.45) is 0 Å². The van der Waals surface area contributed by atoms with E-state index in [2.05, 4.69) is 15.3 Å². The average molecular weight is 235 g/mol. The summed E-state index contributed by atoms with van der Waals surface area (Å²) in [5.41, 5.74) is 0. The molecule has 0 saturated carbocycles. The quantitative estimate of drug-likeness (QED) is 0.810. The van der Waals surface area contributed by atoms with Crippen LogP contribution in [0.15, 0.2) is 48.8 Å². The van der Waals surface area contributed by atoms with E-state index in [4.69, 9.17) is 0 Å². The van der Waals surface area contributed by atoms with Gasteiger partial charge in [0, 0.05) is 29.5 Å². The first kappa shape index (κ1) is 10.7. The minimum absolute atomic E-state index is 0. The average Bonchev–Trinajstić information content (AvgIpc) is 2.21. The van der Waals surface area contributed by atoms with Crippen LogP contribution in [0, 0.1) is 0 Å². The van der Waals surface area contributed by atoms with Gasteiger partial charge in [0.05, 0.1) is 0 Å². The Morgan fingerprint density at radius 2 is 1.29 bits per heavy atom. The van der Waals surface area contributed by atoms with Gasteiger partial charge in [-0.1, -0.05) is 12.1 Å². The fraction of sp³-hybridized carbons (Fsp3) is 0. The molecule has 0 atom stereocenters. The van der Waals surface area contributed by atoms with Gasteiger partial charge >= 0.3 is 0 Å². The molecule has 0 aliphatic heterocycles. The van der Waals surface area contributed by atoms with Gasteiger partial charge in [-0.15, -0.1) is 0 Å². The van der Waals surface area contributed by atoms with Gasteiger partial charge in [0.1, 0.15) is 11.6 Å². The van der Waals surface area contributed by atoms with Crippen molar-refractivity contribution in [3.63, 3.8) is 0 Å². The SMILES string of the molecule is [Cu].c1ccc(Nc2ccccn2)nc1. The summed E-state index contributed by atoms with van der Waals surface area (Å²) in [6, 6.07) is 11.4. The first-order valence-corrected chi connectivity index (χ1v) is 4.04. The Morgan fingerprint density at radius 1 is 0.786 bits per heavy atom. The van der Waals surface area contributed by atoms with Crippen molar-refractivity contribution in [3.8, 4) is 0 Å². The monoisotopic (exact) mass is 234 g/mol. The molecule has 0 aromatic carbocycles. The molecule has 2 aromatic heterocycles. The normalized spacial score (nSPS) is 8.86. The summed E-state index contributed by atoms with van der Waals surface area (Å²) in [4.78, 5) is 8.25. The van der Waals surface area contributed by atoms with Crippen molar-refractivity contribution in [1.82, 2.24) is 9.97 Å². The maximum Gasteiger partial charge on any atom is 0.131 e. The van der Waals surface area contributed by atoms with Crippen LogP contribution in [-0.4, -0.2) is 9.97 Å². The van der Waals surface area contributed by atoms with E-state index in [1.807, 2.05) is 36.4 Å². The van der Waals surface area contributed by atoms with E-state index in [1.54, 1.807) is 12.4 Å². The molecule has 0 spiro atoms. The number of pyridine rings is 2. The number of hydrogen-bond acceptors (Lipinski definition) is 3. The number of nitrogens with zero attached hydrogens (tertiary/aromatic N) is 2. The summed E-state index contributed by atoms with van der Waals surface area (Å²) in [6.07, 6.45) is 3.48. The summed E-state index contributed by atoms with van der Waals surface area (Å²) in [5, 5.41) is 3.08. The summed E-state index contributed by atoms with van der Waals surface area (Å²) >= 11 is 0. The van der Waals surface area contributed by atoms with Gasteiger partial charge in [0.25, 0.3) is 0 Å². The minimum Gasteiger partial charge on any atom is -0.325 e. The zero-order valence-electron chi connectivity index (χ0n) is 7.31. The van der Waals surface area contributed by atoms with Gasteiger partial charge in [-0.2, -0.15) is 0 Å². The van der Waals surface area contributed by atoms with Crippen LogP contribution in [0.5, 0.6) is 0 Å². The molecule has 0 aliphatic carbocycles. The van der Waals surface area contributed by atoms with E-state index >= 15 is 0 Å². The van der Waals surface area contributed by atoms with E-state index < -0.39 is 0 Å². The predicted octanol–water partition coefficient (Wildman–Crippen LogP) is 2.22. The molecule has 0 bridgehead atoms. The standard InChI is InChI=1S/C10H9N3.Cu/c1-3-7-11-9(5-1)13-10-6-2-4-8-12-10;/h1-8H,(H,11,12,13);. The maximum absolute atomic E-state index is 4.12. The fourth-order valence-electron chi connectivity index (χ4n) is 1.00. The van der Waals surface area contributed by atoms with Crippen molar-refractivity contribution in [1.29, 1.82) is 0 Å². The number of anilines is 2. The van der Waals surface area contributed by atoms with E-state index in [0.29, 0.717) is 0 Å². The molecule has 4 heteroatoms. The smallest absolute Gasteiger partial charge is 0.131 e. The van der Waals surface area contributed by atoms with E-state index in [-0.39, 0.29) is 17.1 Å². The summed E-state index contributed by atoms with van der Waals surface area (Å²) < 4.78 is 0. The van der Waals surface area contributed by atoms with Crippen LogP contribution < -0.4 is 5.32 Å². The zero-order valence-corrected chi connectivity index (χ0v) is 8.26. The number of nitrogens with one attached hydrogen (secondary N) is 1. The third-order valence-electron chi connectivity index (χ3n) is 1.59. The van der Waals surface area contributed by atoms with Gasteiger partial charge in [-0.05, 0) is 24.3 Å². The molecular weight excluding hydrogens is 226 g/mol. The van der Waals surface area contributed by atoms with Crippen molar-refractivity contribution in [2.75, 3.05) is 5.32 Å². The van der Waals surface area contributed by atoms with Crippen molar-refractivity contribution < 1.29 is 17.1 Å².